The fourth-order valence-electron chi connectivity index (χ4n) is 4.82. The summed E-state index contributed by atoms with van der Waals surface area (Å²) in [4.78, 5) is 38.4. The van der Waals surface area contributed by atoms with E-state index in [1.807, 2.05) is 6.07 Å². The number of nitrogens with one attached hydrogen (secondary N) is 2. The first-order valence-corrected chi connectivity index (χ1v) is 12.2. The number of hydrogen-bond donors (Lipinski definition) is 4. The molecule has 3 atom stereocenters. The first kappa shape index (κ1) is 26.5. The zero-order chi connectivity index (χ0) is 26.4. The highest BCUT2D eigenvalue weighted by molar-refractivity contribution is 5.94. The standard InChI is InChI=1S/C26H29F2N5O4/c27-26(28)10-8-16(9-11-26)18(24(35)33-37)14-23(34)21(13-17-5-3-4-12-29-17)32-25(36)22-15-30-19-6-1-2-7-20(19)31-22/h1-7,12,15-16,18,21,23,34,37H,8-11,13-14H2,(H,32,36)(H,33,35). The average molecular weight is 514 g/mol. The summed E-state index contributed by atoms with van der Waals surface area (Å²) in [6.45, 7) is 0. The topological polar surface area (TPSA) is 137 Å². The number of halogens is 2. The normalized spacial score (nSPS) is 18.1. The molecule has 3 aromatic rings. The van der Waals surface area contributed by atoms with E-state index in [1.165, 1.54) is 6.20 Å². The van der Waals surface area contributed by atoms with E-state index in [2.05, 4.69) is 20.3 Å². The van der Waals surface area contributed by atoms with E-state index in [4.69, 9.17) is 0 Å². The predicted molar refractivity (Wildman–Crippen MR) is 130 cm³/mol. The first-order valence-electron chi connectivity index (χ1n) is 12.2. The Bertz CT molecular complexity index is 1220. The van der Waals surface area contributed by atoms with Crippen molar-refractivity contribution in [2.24, 2.45) is 11.8 Å². The molecule has 1 aliphatic carbocycles. The van der Waals surface area contributed by atoms with Crippen LogP contribution in [0.2, 0.25) is 0 Å². The van der Waals surface area contributed by atoms with Gasteiger partial charge in [-0.1, -0.05) is 18.2 Å². The van der Waals surface area contributed by atoms with Crippen LogP contribution in [0.25, 0.3) is 11.0 Å². The SMILES string of the molecule is O=C(NC(Cc1ccccn1)C(O)CC(C(=O)NO)C1CCC(F)(F)CC1)c1cnc2ccccc2n1. The maximum atomic E-state index is 13.7. The lowest BCUT2D eigenvalue weighted by molar-refractivity contribution is -0.139. The van der Waals surface area contributed by atoms with Gasteiger partial charge in [0.15, 0.2) is 0 Å². The number of aromatic nitrogens is 3. The molecule has 9 nitrogen and oxygen atoms in total. The summed E-state index contributed by atoms with van der Waals surface area (Å²) >= 11 is 0. The van der Waals surface area contributed by atoms with Crippen LogP contribution in [0.15, 0.2) is 54.9 Å². The summed E-state index contributed by atoms with van der Waals surface area (Å²) in [5.41, 5.74) is 3.41. The molecule has 1 aromatic carbocycles. The third-order valence-electron chi connectivity index (χ3n) is 6.89. The summed E-state index contributed by atoms with van der Waals surface area (Å²) in [7, 11) is 0. The van der Waals surface area contributed by atoms with Gasteiger partial charge in [-0.2, -0.15) is 0 Å². The highest BCUT2D eigenvalue weighted by atomic mass is 19.3. The van der Waals surface area contributed by atoms with Crippen LogP contribution in [0.3, 0.4) is 0 Å². The van der Waals surface area contributed by atoms with Crippen molar-refractivity contribution in [3.8, 4) is 0 Å². The highest BCUT2D eigenvalue weighted by Gasteiger charge is 2.41. The second-order valence-electron chi connectivity index (χ2n) is 9.43. The number of aliphatic hydroxyl groups is 1. The summed E-state index contributed by atoms with van der Waals surface area (Å²) in [5.74, 6) is -5.47. The van der Waals surface area contributed by atoms with Crippen LogP contribution in [0.4, 0.5) is 8.78 Å². The van der Waals surface area contributed by atoms with E-state index in [9.17, 15) is 28.7 Å². The van der Waals surface area contributed by atoms with Crippen LogP contribution in [0.5, 0.6) is 0 Å². The van der Waals surface area contributed by atoms with Gasteiger partial charge in [0, 0.05) is 37.1 Å². The van der Waals surface area contributed by atoms with Gasteiger partial charge in [0.25, 0.3) is 5.91 Å². The Balaban J connectivity index is 1.54. The molecule has 11 heteroatoms. The van der Waals surface area contributed by atoms with Gasteiger partial charge in [0.2, 0.25) is 11.8 Å². The molecule has 1 saturated carbocycles. The van der Waals surface area contributed by atoms with Crippen molar-refractivity contribution in [2.45, 2.75) is 56.6 Å². The maximum Gasteiger partial charge on any atom is 0.271 e. The Morgan fingerprint density at radius 1 is 1.05 bits per heavy atom. The molecule has 1 aliphatic rings. The molecule has 37 heavy (non-hydrogen) atoms. The maximum absolute atomic E-state index is 13.7. The number of hydrogen-bond acceptors (Lipinski definition) is 7. The van der Waals surface area contributed by atoms with Crippen LogP contribution in [-0.2, 0) is 11.2 Å². The number of pyridine rings is 1. The number of aliphatic hydroxyl groups excluding tert-OH is 1. The fraction of sp³-hybridized carbons (Fsp3) is 0.423. The minimum atomic E-state index is -2.79. The molecule has 0 radical (unpaired) electrons. The number of amides is 2. The van der Waals surface area contributed by atoms with Crippen molar-refractivity contribution in [1.29, 1.82) is 0 Å². The van der Waals surface area contributed by atoms with Crippen molar-refractivity contribution in [3.63, 3.8) is 0 Å². The molecule has 0 aliphatic heterocycles. The quantitative estimate of drug-likeness (QED) is 0.255. The first-order chi connectivity index (χ1) is 17.8. The zero-order valence-electron chi connectivity index (χ0n) is 20.1. The molecule has 1 fully saturated rings. The Labute approximate surface area is 212 Å². The van der Waals surface area contributed by atoms with Crippen LogP contribution in [0.1, 0.15) is 48.3 Å². The van der Waals surface area contributed by atoms with Gasteiger partial charge in [-0.3, -0.25) is 24.8 Å². The summed E-state index contributed by atoms with van der Waals surface area (Å²) in [6.07, 6.45) is 1.11. The second-order valence-corrected chi connectivity index (χ2v) is 9.43. The lowest BCUT2D eigenvalue weighted by Crippen LogP contribution is -2.48. The van der Waals surface area contributed by atoms with Gasteiger partial charge in [-0.15, -0.1) is 0 Å². The van der Waals surface area contributed by atoms with Gasteiger partial charge < -0.3 is 10.4 Å². The molecule has 0 spiro atoms. The number of benzene rings is 1. The lowest BCUT2D eigenvalue weighted by Gasteiger charge is -2.34. The van der Waals surface area contributed by atoms with E-state index in [0.717, 1.165) is 0 Å². The van der Waals surface area contributed by atoms with Crippen molar-refractivity contribution >= 4 is 22.8 Å². The van der Waals surface area contributed by atoms with Gasteiger partial charge in [-0.05, 0) is 49.4 Å². The molecule has 0 bridgehead atoms. The molecular weight excluding hydrogens is 484 g/mol. The van der Waals surface area contributed by atoms with Gasteiger partial charge in [0.05, 0.1) is 29.4 Å². The second kappa shape index (κ2) is 11.7. The lowest BCUT2D eigenvalue weighted by atomic mass is 9.75. The Kier molecular flexibility index (Phi) is 8.34. The van der Waals surface area contributed by atoms with E-state index < -0.39 is 41.7 Å². The number of para-hydroxylation sites is 2. The third-order valence-corrected chi connectivity index (χ3v) is 6.89. The summed E-state index contributed by atoms with van der Waals surface area (Å²) < 4.78 is 27.4. The van der Waals surface area contributed by atoms with E-state index in [0.29, 0.717) is 16.7 Å². The van der Waals surface area contributed by atoms with Gasteiger partial charge in [-0.25, -0.2) is 19.2 Å². The molecule has 4 rings (SSSR count). The number of hydroxylamine groups is 1. The molecular formula is C26H29F2N5O4. The van der Waals surface area contributed by atoms with Gasteiger partial charge in [0.1, 0.15) is 5.69 Å². The van der Waals surface area contributed by atoms with Crippen LogP contribution in [-0.4, -0.2) is 55.1 Å². The molecule has 196 valence electrons. The number of fused-ring (bicyclic) bond motifs is 1. The van der Waals surface area contributed by atoms with Crippen LogP contribution in [0, 0.1) is 11.8 Å². The number of rotatable bonds is 9. The van der Waals surface area contributed by atoms with Crippen molar-refractivity contribution in [1.82, 2.24) is 25.7 Å². The zero-order valence-corrected chi connectivity index (χ0v) is 20.1. The van der Waals surface area contributed by atoms with E-state index in [1.54, 1.807) is 48.1 Å². The van der Waals surface area contributed by atoms with E-state index in [-0.39, 0.29) is 44.2 Å². The van der Waals surface area contributed by atoms with Crippen molar-refractivity contribution in [3.05, 3.63) is 66.2 Å². The number of nitrogens with zero attached hydrogens (tertiary/aromatic N) is 3. The minimum absolute atomic E-state index is 0.0519. The van der Waals surface area contributed by atoms with Crippen molar-refractivity contribution in [2.75, 3.05) is 0 Å². The Morgan fingerprint density at radius 3 is 2.43 bits per heavy atom. The third kappa shape index (κ3) is 6.80. The molecule has 4 N–H and O–H groups in total. The molecule has 2 heterocycles. The Hall–Kier alpha value is -3.57. The summed E-state index contributed by atoms with van der Waals surface area (Å²) in [6, 6.07) is 11.4. The summed E-state index contributed by atoms with van der Waals surface area (Å²) in [5, 5.41) is 23.3. The fourth-order valence-corrected chi connectivity index (χ4v) is 4.82. The monoisotopic (exact) mass is 513 g/mol. The minimum Gasteiger partial charge on any atom is -0.391 e. The number of alkyl halides is 2. The number of carbonyl (C=O) groups is 2. The predicted octanol–water partition coefficient (Wildman–Crippen LogP) is 3.06. The number of carbonyl (C=O) groups excluding carboxylic acids is 2. The smallest absolute Gasteiger partial charge is 0.271 e. The largest absolute Gasteiger partial charge is 0.391 e. The van der Waals surface area contributed by atoms with E-state index >= 15 is 0 Å². The van der Waals surface area contributed by atoms with Crippen LogP contribution < -0.4 is 10.8 Å². The van der Waals surface area contributed by atoms with Crippen LogP contribution >= 0.6 is 0 Å². The van der Waals surface area contributed by atoms with Crippen molar-refractivity contribution < 1.29 is 28.7 Å². The molecule has 2 amide bonds. The average Bonchev–Trinajstić information content (AvgIpc) is 2.91. The van der Waals surface area contributed by atoms with Gasteiger partial charge >= 0.3 is 0 Å². The Morgan fingerprint density at radius 2 is 1.76 bits per heavy atom. The molecule has 3 unspecified atom stereocenters. The molecule has 2 aromatic heterocycles. The molecule has 0 saturated heterocycles. The highest BCUT2D eigenvalue weighted by Crippen LogP contribution is 2.40.